The maximum absolute atomic E-state index is 13.1. The van der Waals surface area contributed by atoms with Gasteiger partial charge in [0.15, 0.2) is 5.76 Å². The topological polar surface area (TPSA) is 38.8 Å². The molecule has 2 aliphatic rings. The Balaban J connectivity index is 1.34. The number of benzene rings is 3. The number of nitrogens with zero attached hydrogens (tertiary/aromatic N) is 1. The van der Waals surface area contributed by atoms with Crippen LogP contribution < -0.4 is 9.47 Å². The van der Waals surface area contributed by atoms with Gasteiger partial charge in [0.2, 0.25) is 5.78 Å². The molecule has 0 amide bonds. The van der Waals surface area contributed by atoms with Crippen molar-refractivity contribution >= 4 is 35.1 Å². The first-order valence-corrected chi connectivity index (χ1v) is 11.7. The summed E-state index contributed by atoms with van der Waals surface area (Å²) in [6.45, 7) is 4.11. The van der Waals surface area contributed by atoms with E-state index < -0.39 is 0 Å². The van der Waals surface area contributed by atoms with Crippen molar-refractivity contribution in [2.45, 2.75) is 26.3 Å². The van der Waals surface area contributed by atoms with Crippen LogP contribution in [0.5, 0.6) is 11.5 Å². The molecule has 0 unspecified atom stereocenters. The van der Waals surface area contributed by atoms with Gasteiger partial charge in [-0.05, 0) is 49.6 Å². The Hall–Kier alpha value is -2.79. The van der Waals surface area contributed by atoms with Crippen LogP contribution in [-0.2, 0) is 13.0 Å². The van der Waals surface area contributed by atoms with Gasteiger partial charge < -0.3 is 9.47 Å². The van der Waals surface area contributed by atoms with Crippen molar-refractivity contribution < 1.29 is 14.3 Å². The van der Waals surface area contributed by atoms with Crippen LogP contribution >= 0.6 is 23.2 Å². The average molecular weight is 480 g/mol. The largest absolute Gasteiger partial charge is 0.477 e. The summed E-state index contributed by atoms with van der Waals surface area (Å²) in [6.07, 6.45) is 3.68. The lowest BCUT2D eigenvalue weighted by atomic mass is 10.00. The highest BCUT2D eigenvalue weighted by Gasteiger charge is 2.33. The molecule has 0 saturated carbocycles. The van der Waals surface area contributed by atoms with Crippen LogP contribution in [0.4, 0.5) is 0 Å². The molecule has 168 valence electrons. The van der Waals surface area contributed by atoms with E-state index in [-0.39, 0.29) is 11.5 Å². The van der Waals surface area contributed by atoms with E-state index in [0.29, 0.717) is 33.7 Å². The summed E-state index contributed by atoms with van der Waals surface area (Å²) in [4.78, 5) is 15.4. The first-order valence-electron chi connectivity index (χ1n) is 10.9. The minimum absolute atomic E-state index is 0.173. The Morgan fingerprint density at radius 1 is 1.03 bits per heavy atom. The Morgan fingerprint density at radius 3 is 2.55 bits per heavy atom. The summed E-state index contributed by atoms with van der Waals surface area (Å²) in [5, 5.41) is 0.931. The number of ether oxygens (including phenoxy) is 2. The summed E-state index contributed by atoms with van der Waals surface area (Å²) in [7, 11) is 0. The zero-order valence-corrected chi connectivity index (χ0v) is 19.7. The van der Waals surface area contributed by atoms with E-state index in [2.05, 4.69) is 29.2 Å². The maximum atomic E-state index is 13.1. The van der Waals surface area contributed by atoms with Gasteiger partial charge in [-0.1, -0.05) is 59.6 Å². The Kier molecular flexibility index (Phi) is 6.15. The number of aryl methyl sites for hydroxylation is 1. The summed E-state index contributed by atoms with van der Waals surface area (Å²) in [6, 6.07) is 17.6. The lowest BCUT2D eigenvalue weighted by molar-refractivity contribution is 0.0932. The zero-order chi connectivity index (χ0) is 22.9. The number of rotatable bonds is 5. The van der Waals surface area contributed by atoms with E-state index in [1.54, 1.807) is 24.3 Å². The molecule has 2 aliphatic heterocycles. The third kappa shape index (κ3) is 4.39. The molecule has 0 aromatic heterocycles. The molecule has 33 heavy (non-hydrogen) atoms. The van der Waals surface area contributed by atoms with Crippen molar-refractivity contribution in [1.82, 2.24) is 4.90 Å². The lowest BCUT2D eigenvalue weighted by Gasteiger charge is -2.30. The van der Waals surface area contributed by atoms with Gasteiger partial charge in [0, 0.05) is 39.8 Å². The first-order chi connectivity index (χ1) is 16.0. The number of allylic oxidation sites excluding steroid dienone is 1. The molecular formula is C27H23Cl2NO3. The molecule has 0 spiro atoms. The molecule has 2 heterocycles. The van der Waals surface area contributed by atoms with Gasteiger partial charge in [0.1, 0.15) is 18.2 Å². The first kappa shape index (κ1) is 22.0. The number of carbonyl (C=O) groups excluding carboxylic acids is 1. The van der Waals surface area contributed by atoms with E-state index in [1.807, 2.05) is 19.1 Å². The van der Waals surface area contributed by atoms with E-state index in [0.717, 1.165) is 42.8 Å². The maximum Gasteiger partial charge on any atom is 0.231 e. The fraction of sp³-hybridized carbons (Fsp3) is 0.222. The van der Waals surface area contributed by atoms with Crippen LogP contribution in [0.1, 0.15) is 39.0 Å². The number of Topliss-reactive ketones (excluding diaryl/α,β-unsaturated/α-hetero) is 1. The van der Waals surface area contributed by atoms with Crippen molar-refractivity contribution in [1.29, 1.82) is 0 Å². The third-order valence-corrected chi connectivity index (χ3v) is 6.72. The van der Waals surface area contributed by atoms with Crippen molar-refractivity contribution in [3.8, 4) is 11.5 Å². The predicted octanol–water partition coefficient (Wildman–Crippen LogP) is 6.70. The minimum Gasteiger partial charge on any atom is -0.477 e. The summed E-state index contributed by atoms with van der Waals surface area (Å²) < 4.78 is 12.1. The highest BCUT2D eigenvalue weighted by atomic mass is 35.5. The van der Waals surface area contributed by atoms with Crippen LogP contribution in [0.15, 0.2) is 60.4 Å². The number of fused-ring (bicyclic) bond motifs is 2. The number of carbonyl (C=O) groups is 1. The molecule has 5 rings (SSSR count). The summed E-state index contributed by atoms with van der Waals surface area (Å²) in [5.74, 6) is 1.39. The van der Waals surface area contributed by atoms with E-state index in [1.165, 1.54) is 5.56 Å². The second-order valence-corrected chi connectivity index (χ2v) is 9.17. The molecular weight excluding hydrogens is 457 g/mol. The predicted molar refractivity (Wildman–Crippen MR) is 131 cm³/mol. The van der Waals surface area contributed by atoms with Gasteiger partial charge in [0.05, 0.1) is 5.56 Å². The fourth-order valence-electron chi connectivity index (χ4n) is 4.37. The molecule has 3 aromatic rings. The lowest BCUT2D eigenvalue weighted by Crippen LogP contribution is -2.33. The van der Waals surface area contributed by atoms with Gasteiger partial charge >= 0.3 is 0 Å². The number of ketones is 1. The van der Waals surface area contributed by atoms with Crippen molar-refractivity contribution in [2.75, 3.05) is 13.3 Å². The minimum atomic E-state index is -0.173. The molecule has 0 fully saturated rings. The SMILES string of the molecule is Cc1c2c(cc3c1O/C(=C\c1c(Cl)cccc1Cl)C3=O)CN(CCCc1ccccc1)CO2. The van der Waals surface area contributed by atoms with Gasteiger partial charge in [-0.3, -0.25) is 9.69 Å². The van der Waals surface area contributed by atoms with Crippen molar-refractivity contribution in [2.24, 2.45) is 0 Å². The van der Waals surface area contributed by atoms with Gasteiger partial charge in [-0.15, -0.1) is 0 Å². The van der Waals surface area contributed by atoms with E-state index in [4.69, 9.17) is 32.7 Å². The molecule has 0 bridgehead atoms. The highest BCUT2D eigenvalue weighted by molar-refractivity contribution is 6.37. The number of hydrogen-bond acceptors (Lipinski definition) is 4. The molecule has 0 saturated heterocycles. The van der Waals surface area contributed by atoms with Crippen LogP contribution in [0.25, 0.3) is 6.08 Å². The van der Waals surface area contributed by atoms with Gasteiger partial charge in [0.25, 0.3) is 0 Å². The van der Waals surface area contributed by atoms with Crippen molar-refractivity contribution in [3.05, 3.63) is 98.2 Å². The van der Waals surface area contributed by atoms with Crippen LogP contribution in [0, 0.1) is 6.92 Å². The molecule has 0 aliphatic carbocycles. The zero-order valence-electron chi connectivity index (χ0n) is 18.2. The van der Waals surface area contributed by atoms with Crippen molar-refractivity contribution in [3.63, 3.8) is 0 Å². The molecule has 0 atom stereocenters. The normalized spacial score (nSPS) is 16.3. The fourth-order valence-corrected chi connectivity index (χ4v) is 4.88. The monoisotopic (exact) mass is 479 g/mol. The molecule has 4 nitrogen and oxygen atoms in total. The molecule has 3 aromatic carbocycles. The third-order valence-electron chi connectivity index (χ3n) is 6.06. The van der Waals surface area contributed by atoms with Crippen LogP contribution in [-0.4, -0.2) is 24.0 Å². The smallest absolute Gasteiger partial charge is 0.231 e. The van der Waals surface area contributed by atoms with Crippen LogP contribution in [0.2, 0.25) is 10.0 Å². The summed E-state index contributed by atoms with van der Waals surface area (Å²) in [5.41, 5.74) is 4.31. The Morgan fingerprint density at radius 2 is 1.79 bits per heavy atom. The number of halogens is 2. The van der Waals surface area contributed by atoms with Gasteiger partial charge in [-0.2, -0.15) is 0 Å². The standard InChI is InChI=1S/C27H23Cl2NO3/c1-17-26-19(15-30(16-32-26)12-6-9-18-7-3-2-4-8-18)13-21-25(31)24(33-27(17)21)14-20-22(28)10-5-11-23(20)29/h2-5,7-8,10-11,13-14H,6,9,12,15-16H2,1H3/b24-14-. The van der Waals surface area contributed by atoms with Crippen LogP contribution in [0.3, 0.4) is 0 Å². The molecule has 6 heteroatoms. The second kappa shape index (κ2) is 9.22. The quantitative estimate of drug-likeness (QED) is 0.381. The Bertz CT molecular complexity index is 1230. The molecule has 0 N–H and O–H groups in total. The molecule has 0 radical (unpaired) electrons. The highest BCUT2D eigenvalue weighted by Crippen LogP contribution is 2.43. The van der Waals surface area contributed by atoms with Gasteiger partial charge in [-0.25, -0.2) is 0 Å². The number of hydrogen-bond donors (Lipinski definition) is 0. The van der Waals surface area contributed by atoms with E-state index >= 15 is 0 Å². The Labute approximate surface area is 203 Å². The average Bonchev–Trinajstić information content (AvgIpc) is 3.13. The summed E-state index contributed by atoms with van der Waals surface area (Å²) >= 11 is 12.6. The second-order valence-electron chi connectivity index (χ2n) is 8.36. The van der Waals surface area contributed by atoms with E-state index in [9.17, 15) is 4.79 Å².